The molecule has 0 spiro atoms. The maximum absolute atomic E-state index is 12.7. The van der Waals surface area contributed by atoms with Gasteiger partial charge in [-0.3, -0.25) is 4.79 Å². The van der Waals surface area contributed by atoms with Gasteiger partial charge in [0.05, 0.1) is 29.1 Å². The molecule has 3 heterocycles. The number of esters is 1. The van der Waals surface area contributed by atoms with Gasteiger partial charge >= 0.3 is 5.97 Å². The number of hydrogen-bond acceptors (Lipinski definition) is 7. The van der Waals surface area contributed by atoms with Crippen molar-refractivity contribution in [3.05, 3.63) is 103 Å². The number of ether oxygens (including phenoxy) is 1. The third-order valence-electron chi connectivity index (χ3n) is 5.78. The van der Waals surface area contributed by atoms with Gasteiger partial charge in [-0.25, -0.2) is 14.8 Å². The Morgan fingerprint density at radius 3 is 2.14 bits per heavy atom. The number of nitrogens with zero attached hydrogens (tertiary/aromatic N) is 2. The maximum Gasteiger partial charge on any atom is 0.338 e. The predicted molar refractivity (Wildman–Crippen MR) is 138 cm³/mol. The topological polar surface area (TPSA) is 107 Å². The third kappa shape index (κ3) is 4.55. The zero-order valence-corrected chi connectivity index (χ0v) is 19.4. The van der Waals surface area contributed by atoms with Crippen molar-refractivity contribution in [2.75, 3.05) is 11.9 Å². The Morgan fingerprint density at radius 2 is 1.43 bits per heavy atom. The number of aromatic nitrogens is 2. The van der Waals surface area contributed by atoms with Crippen LogP contribution in [0, 0.1) is 0 Å². The highest BCUT2D eigenvalue weighted by atomic mass is 16.5. The smallest absolute Gasteiger partial charge is 0.338 e. The van der Waals surface area contributed by atoms with E-state index in [2.05, 4.69) is 15.3 Å². The molecule has 0 atom stereocenters. The molecule has 8 heteroatoms. The van der Waals surface area contributed by atoms with Crippen LogP contribution in [0.1, 0.15) is 10.4 Å². The number of hydrogen-bond donors (Lipinski definition) is 1. The summed E-state index contributed by atoms with van der Waals surface area (Å²) >= 11 is 0. The van der Waals surface area contributed by atoms with Crippen LogP contribution in [0.25, 0.3) is 44.7 Å². The second-order valence-corrected chi connectivity index (χ2v) is 8.27. The Bertz CT molecular complexity index is 1740. The van der Waals surface area contributed by atoms with Crippen molar-refractivity contribution < 1.29 is 23.2 Å². The number of carbonyl (C=O) groups is 2. The molecule has 8 nitrogen and oxygen atoms in total. The summed E-state index contributed by atoms with van der Waals surface area (Å²) in [4.78, 5) is 34.5. The Kier molecular flexibility index (Phi) is 5.67. The number of fused-ring (bicyclic) bond motifs is 2. The van der Waals surface area contributed by atoms with Crippen LogP contribution in [0.4, 0.5) is 5.69 Å². The van der Waals surface area contributed by atoms with Crippen molar-refractivity contribution >= 4 is 39.4 Å². The van der Waals surface area contributed by atoms with E-state index >= 15 is 0 Å². The number of rotatable bonds is 6. The van der Waals surface area contributed by atoms with Crippen LogP contribution in [-0.4, -0.2) is 28.5 Å². The second kappa shape index (κ2) is 9.43. The van der Waals surface area contributed by atoms with Gasteiger partial charge < -0.3 is 18.9 Å². The summed E-state index contributed by atoms with van der Waals surface area (Å²) in [6.45, 7) is -0.426. The van der Waals surface area contributed by atoms with Gasteiger partial charge in [0.2, 0.25) is 0 Å². The monoisotopic (exact) mass is 489 g/mol. The summed E-state index contributed by atoms with van der Waals surface area (Å²) in [5.74, 6) is -0.0275. The minimum Gasteiger partial charge on any atom is -0.463 e. The van der Waals surface area contributed by atoms with Crippen LogP contribution >= 0.6 is 0 Å². The van der Waals surface area contributed by atoms with Gasteiger partial charge in [0.1, 0.15) is 11.4 Å². The Balaban J connectivity index is 1.20. The van der Waals surface area contributed by atoms with Gasteiger partial charge in [-0.1, -0.05) is 30.3 Å². The molecule has 0 fully saturated rings. The standard InChI is InChI=1S/C29H19N3O5/c33-26(30-21-11-9-18-5-1-2-6-19(18)15-21)17-37-29(34)20-10-12-22-23(16-20)32-28(25-8-4-14-36-25)27(31-22)24-7-3-13-35-24/h1-16H,17H2,(H,30,33). The third-order valence-corrected chi connectivity index (χ3v) is 5.78. The van der Waals surface area contributed by atoms with Crippen LogP contribution < -0.4 is 5.32 Å². The molecule has 0 saturated carbocycles. The first-order chi connectivity index (χ1) is 18.1. The summed E-state index contributed by atoms with van der Waals surface area (Å²) in [5, 5.41) is 4.82. The molecule has 37 heavy (non-hydrogen) atoms. The van der Waals surface area contributed by atoms with Crippen molar-refractivity contribution in [3.63, 3.8) is 0 Å². The van der Waals surface area contributed by atoms with Gasteiger partial charge in [0.15, 0.2) is 18.1 Å². The van der Waals surface area contributed by atoms with E-state index in [-0.39, 0.29) is 5.56 Å². The zero-order chi connectivity index (χ0) is 25.2. The normalized spacial score (nSPS) is 11.0. The van der Waals surface area contributed by atoms with Gasteiger partial charge in [-0.15, -0.1) is 0 Å². The van der Waals surface area contributed by atoms with Crippen molar-refractivity contribution in [1.29, 1.82) is 0 Å². The van der Waals surface area contributed by atoms with Crippen LogP contribution in [0.3, 0.4) is 0 Å². The summed E-state index contributed by atoms with van der Waals surface area (Å²) in [6.07, 6.45) is 3.10. The lowest BCUT2D eigenvalue weighted by molar-refractivity contribution is -0.119. The summed E-state index contributed by atoms with van der Waals surface area (Å²) in [6, 6.07) is 25.3. The second-order valence-electron chi connectivity index (χ2n) is 8.27. The summed E-state index contributed by atoms with van der Waals surface area (Å²) < 4.78 is 16.3. The molecule has 3 aromatic heterocycles. The number of furan rings is 2. The molecule has 3 aromatic carbocycles. The largest absolute Gasteiger partial charge is 0.463 e. The molecule has 0 aliphatic rings. The number of carbonyl (C=O) groups excluding carboxylic acids is 2. The van der Waals surface area contributed by atoms with Gasteiger partial charge in [-0.2, -0.15) is 0 Å². The minimum absolute atomic E-state index is 0.247. The average molecular weight is 489 g/mol. The minimum atomic E-state index is -0.646. The number of nitrogens with one attached hydrogen (secondary N) is 1. The fourth-order valence-corrected chi connectivity index (χ4v) is 4.03. The van der Waals surface area contributed by atoms with Gasteiger partial charge in [0.25, 0.3) is 5.91 Å². The summed E-state index contributed by atoms with van der Waals surface area (Å²) in [7, 11) is 0. The lowest BCUT2D eigenvalue weighted by Gasteiger charge is -2.09. The van der Waals surface area contributed by atoms with E-state index in [9.17, 15) is 9.59 Å². The molecule has 0 bridgehead atoms. The van der Waals surface area contributed by atoms with E-state index in [1.165, 1.54) is 0 Å². The highest BCUT2D eigenvalue weighted by Crippen LogP contribution is 2.31. The molecule has 1 N–H and O–H groups in total. The number of benzene rings is 3. The van der Waals surface area contributed by atoms with E-state index in [0.717, 1.165) is 10.8 Å². The highest BCUT2D eigenvalue weighted by Gasteiger charge is 2.19. The van der Waals surface area contributed by atoms with Crippen molar-refractivity contribution in [2.24, 2.45) is 0 Å². The molecule has 1 amide bonds. The quantitative estimate of drug-likeness (QED) is 0.282. The first-order valence-corrected chi connectivity index (χ1v) is 11.5. The van der Waals surface area contributed by atoms with Crippen molar-refractivity contribution in [2.45, 2.75) is 0 Å². The molecule has 0 saturated heterocycles. The molecular formula is C29H19N3O5. The first kappa shape index (κ1) is 22.2. The zero-order valence-electron chi connectivity index (χ0n) is 19.4. The maximum atomic E-state index is 12.7. The van der Waals surface area contributed by atoms with E-state index in [4.69, 9.17) is 13.6 Å². The van der Waals surface area contributed by atoms with Crippen LogP contribution in [-0.2, 0) is 9.53 Å². The molecule has 0 aliphatic heterocycles. The Labute approximate surface area is 210 Å². The van der Waals surface area contributed by atoms with Crippen molar-refractivity contribution in [1.82, 2.24) is 9.97 Å². The van der Waals surface area contributed by atoms with Crippen LogP contribution in [0.5, 0.6) is 0 Å². The van der Waals surface area contributed by atoms with Crippen LogP contribution in [0.15, 0.2) is 106 Å². The molecule has 0 radical (unpaired) electrons. The molecule has 180 valence electrons. The average Bonchev–Trinajstić information content (AvgIpc) is 3.66. The Morgan fingerprint density at radius 1 is 0.730 bits per heavy atom. The van der Waals surface area contributed by atoms with E-state index in [0.29, 0.717) is 39.6 Å². The van der Waals surface area contributed by atoms with Gasteiger partial charge in [0, 0.05) is 5.69 Å². The first-order valence-electron chi connectivity index (χ1n) is 11.5. The molecule has 0 unspecified atom stereocenters. The molecule has 6 aromatic rings. The SMILES string of the molecule is O=C(COC(=O)c1ccc2nc(-c3ccco3)c(-c3ccco3)nc2c1)Nc1ccc2ccccc2c1. The van der Waals surface area contributed by atoms with E-state index in [1.807, 2.05) is 36.4 Å². The molecular weight excluding hydrogens is 470 g/mol. The predicted octanol–water partition coefficient (Wildman–Crippen LogP) is 6.10. The fourth-order valence-electron chi connectivity index (χ4n) is 4.03. The highest BCUT2D eigenvalue weighted by molar-refractivity contribution is 5.98. The number of amides is 1. The van der Waals surface area contributed by atoms with E-state index < -0.39 is 18.5 Å². The lowest BCUT2D eigenvalue weighted by atomic mass is 10.1. The summed E-state index contributed by atoms with van der Waals surface area (Å²) in [5.41, 5.74) is 2.90. The molecule has 6 rings (SSSR count). The fraction of sp³-hybridized carbons (Fsp3) is 0.0345. The van der Waals surface area contributed by atoms with Crippen LogP contribution in [0.2, 0.25) is 0 Å². The lowest BCUT2D eigenvalue weighted by Crippen LogP contribution is -2.20. The number of anilines is 1. The van der Waals surface area contributed by atoms with Gasteiger partial charge in [-0.05, 0) is 65.4 Å². The molecule has 0 aliphatic carbocycles. The Hall–Kier alpha value is -5.24. The van der Waals surface area contributed by atoms with E-state index in [1.54, 1.807) is 61.1 Å². The van der Waals surface area contributed by atoms with Crippen molar-refractivity contribution in [3.8, 4) is 22.9 Å².